The maximum Gasteiger partial charge on any atom is 0.261 e. The Balaban J connectivity index is 1.63. The Morgan fingerprint density at radius 1 is 1.12 bits per heavy atom. The molecule has 0 aromatic heterocycles. The molecule has 1 amide bonds. The molecule has 0 aliphatic carbocycles. The Morgan fingerprint density at radius 3 is 2.62 bits per heavy atom. The molecule has 26 heavy (non-hydrogen) atoms. The zero-order valence-electron chi connectivity index (χ0n) is 14.1. The molecule has 1 heterocycles. The van der Waals surface area contributed by atoms with E-state index >= 15 is 0 Å². The molecule has 1 unspecified atom stereocenters. The third-order valence-corrected chi connectivity index (χ3v) is 5.28. The third kappa shape index (κ3) is 5.04. The van der Waals surface area contributed by atoms with Gasteiger partial charge in [-0.25, -0.2) is 8.42 Å². The van der Waals surface area contributed by atoms with E-state index in [1.807, 2.05) is 0 Å². The second kappa shape index (κ2) is 8.31. The molecule has 2 aromatic carbocycles. The van der Waals surface area contributed by atoms with Crippen LogP contribution in [-0.4, -0.2) is 40.1 Å². The molecule has 0 bridgehead atoms. The number of hydrogen-bond donors (Lipinski definition) is 3. The molecule has 1 fully saturated rings. The second-order valence-corrected chi connectivity index (χ2v) is 7.66. The summed E-state index contributed by atoms with van der Waals surface area (Å²) in [4.78, 5) is 12.3. The van der Waals surface area contributed by atoms with Gasteiger partial charge >= 0.3 is 0 Å². The summed E-state index contributed by atoms with van der Waals surface area (Å²) in [5, 5.41) is 6.00. The summed E-state index contributed by atoms with van der Waals surface area (Å²) in [5.41, 5.74) is 0.908. The molecule has 2 aromatic rings. The van der Waals surface area contributed by atoms with Crippen LogP contribution in [0.4, 0.5) is 11.4 Å². The van der Waals surface area contributed by atoms with Crippen molar-refractivity contribution in [2.45, 2.75) is 17.4 Å². The second-order valence-electron chi connectivity index (χ2n) is 5.98. The number of hydrogen-bond acceptors (Lipinski definition) is 5. The van der Waals surface area contributed by atoms with Crippen LogP contribution in [0.2, 0.25) is 0 Å². The molecule has 7 nitrogen and oxygen atoms in total. The van der Waals surface area contributed by atoms with E-state index in [-0.39, 0.29) is 16.8 Å². The number of carbonyl (C=O) groups excluding carboxylic acids is 1. The highest BCUT2D eigenvalue weighted by Gasteiger charge is 2.17. The lowest BCUT2D eigenvalue weighted by Crippen LogP contribution is -2.43. The Bertz CT molecular complexity index is 850. The van der Waals surface area contributed by atoms with Crippen molar-refractivity contribution >= 4 is 27.3 Å². The van der Waals surface area contributed by atoms with Crippen LogP contribution in [0.1, 0.15) is 6.42 Å². The quantitative estimate of drug-likeness (QED) is 0.715. The fourth-order valence-corrected chi connectivity index (χ4v) is 3.73. The van der Waals surface area contributed by atoms with E-state index in [0.717, 1.165) is 6.54 Å². The monoisotopic (exact) mass is 375 g/mol. The largest absolute Gasteiger partial charge is 0.378 e. The summed E-state index contributed by atoms with van der Waals surface area (Å²) in [5.74, 6) is -0.156. The molecular formula is C18H21N3O4S. The highest BCUT2D eigenvalue weighted by atomic mass is 32.2. The Labute approximate surface area is 152 Å². The molecule has 138 valence electrons. The lowest BCUT2D eigenvalue weighted by atomic mass is 10.2. The molecule has 0 radical (unpaired) electrons. The fraction of sp³-hybridized carbons (Fsp3) is 0.278. The predicted octanol–water partition coefficient (Wildman–Crippen LogP) is 1.80. The maximum atomic E-state index is 12.4. The van der Waals surface area contributed by atoms with Gasteiger partial charge in [-0.05, 0) is 30.3 Å². The van der Waals surface area contributed by atoms with Gasteiger partial charge in [0.2, 0.25) is 5.91 Å². The van der Waals surface area contributed by atoms with Gasteiger partial charge in [-0.1, -0.05) is 24.3 Å². The first-order chi connectivity index (χ1) is 12.5. The van der Waals surface area contributed by atoms with Gasteiger partial charge in [-0.2, -0.15) is 0 Å². The molecule has 1 saturated heterocycles. The molecule has 8 heteroatoms. The van der Waals surface area contributed by atoms with E-state index in [2.05, 4.69) is 15.4 Å². The summed E-state index contributed by atoms with van der Waals surface area (Å²) >= 11 is 0. The fourth-order valence-electron chi connectivity index (χ4n) is 2.66. The van der Waals surface area contributed by atoms with Crippen LogP contribution in [0, 0.1) is 0 Å². The summed E-state index contributed by atoms with van der Waals surface area (Å²) in [7, 11) is -3.67. The van der Waals surface area contributed by atoms with Crippen molar-refractivity contribution < 1.29 is 17.9 Å². The SMILES string of the molecule is O=C(CC1COCCN1)Nc1cccc(NS(=O)(=O)c2ccccc2)c1. The van der Waals surface area contributed by atoms with E-state index in [0.29, 0.717) is 31.0 Å². The molecule has 1 aliphatic heterocycles. The van der Waals surface area contributed by atoms with E-state index in [1.165, 1.54) is 12.1 Å². The molecule has 0 saturated carbocycles. The van der Waals surface area contributed by atoms with Crippen LogP contribution in [0.15, 0.2) is 59.5 Å². The Morgan fingerprint density at radius 2 is 1.88 bits per heavy atom. The zero-order valence-corrected chi connectivity index (χ0v) is 15.0. The predicted molar refractivity (Wildman–Crippen MR) is 99.5 cm³/mol. The van der Waals surface area contributed by atoms with Crippen molar-refractivity contribution in [1.29, 1.82) is 0 Å². The number of morpholine rings is 1. The summed E-state index contributed by atoms with van der Waals surface area (Å²) in [6.07, 6.45) is 0.292. The minimum absolute atomic E-state index is 0.0106. The van der Waals surface area contributed by atoms with Gasteiger partial charge in [-0.3, -0.25) is 9.52 Å². The molecular weight excluding hydrogens is 354 g/mol. The first-order valence-electron chi connectivity index (χ1n) is 8.32. The summed E-state index contributed by atoms with van der Waals surface area (Å²) in [6, 6.07) is 14.7. The van der Waals surface area contributed by atoms with Crippen molar-refractivity contribution in [3.63, 3.8) is 0 Å². The number of anilines is 2. The minimum Gasteiger partial charge on any atom is -0.378 e. The standard InChI is InChI=1S/C18H21N3O4S/c22-18(12-16-13-25-10-9-19-16)20-14-5-4-6-15(11-14)21-26(23,24)17-7-2-1-3-8-17/h1-8,11,16,19,21H,9-10,12-13H2,(H,20,22). The number of amides is 1. The molecule has 1 atom stereocenters. The normalized spacial score (nSPS) is 17.5. The van der Waals surface area contributed by atoms with Crippen LogP contribution < -0.4 is 15.4 Å². The highest BCUT2D eigenvalue weighted by molar-refractivity contribution is 7.92. The van der Waals surface area contributed by atoms with E-state index < -0.39 is 10.0 Å². The number of carbonyl (C=O) groups is 1. The van der Waals surface area contributed by atoms with Crippen LogP contribution >= 0.6 is 0 Å². The molecule has 3 N–H and O–H groups in total. The van der Waals surface area contributed by atoms with Gasteiger partial charge in [0.05, 0.1) is 23.8 Å². The Hall–Kier alpha value is -2.42. The van der Waals surface area contributed by atoms with Crippen molar-refractivity contribution in [3.8, 4) is 0 Å². The van der Waals surface area contributed by atoms with Gasteiger partial charge in [0, 0.05) is 24.7 Å². The van der Waals surface area contributed by atoms with Crippen LogP contribution in [0.25, 0.3) is 0 Å². The highest BCUT2D eigenvalue weighted by Crippen LogP contribution is 2.19. The van der Waals surface area contributed by atoms with Gasteiger partial charge < -0.3 is 15.4 Å². The first kappa shape index (κ1) is 18.4. The number of ether oxygens (including phenoxy) is 1. The van der Waals surface area contributed by atoms with Gasteiger partial charge in [-0.15, -0.1) is 0 Å². The minimum atomic E-state index is -3.67. The zero-order chi connectivity index (χ0) is 18.4. The molecule has 1 aliphatic rings. The van der Waals surface area contributed by atoms with Gasteiger partial charge in [0.15, 0.2) is 0 Å². The van der Waals surface area contributed by atoms with Crippen molar-refractivity contribution in [1.82, 2.24) is 5.32 Å². The lowest BCUT2D eigenvalue weighted by Gasteiger charge is -2.23. The van der Waals surface area contributed by atoms with Gasteiger partial charge in [0.1, 0.15) is 0 Å². The summed E-state index contributed by atoms with van der Waals surface area (Å²) in [6.45, 7) is 1.89. The Kier molecular flexibility index (Phi) is 5.87. The summed E-state index contributed by atoms with van der Waals surface area (Å²) < 4.78 is 32.6. The average molecular weight is 375 g/mol. The smallest absolute Gasteiger partial charge is 0.261 e. The maximum absolute atomic E-state index is 12.4. The molecule has 3 rings (SSSR count). The number of nitrogens with one attached hydrogen (secondary N) is 3. The van der Waals surface area contributed by atoms with Gasteiger partial charge in [0.25, 0.3) is 10.0 Å². The van der Waals surface area contributed by atoms with Crippen molar-refractivity contribution in [3.05, 3.63) is 54.6 Å². The molecule has 0 spiro atoms. The van der Waals surface area contributed by atoms with E-state index in [9.17, 15) is 13.2 Å². The first-order valence-corrected chi connectivity index (χ1v) is 9.80. The third-order valence-electron chi connectivity index (χ3n) is 3.88. The van der Waals surface area contributed by atoms with Crippen molar-refractivity contribution in [2.75, 3.05) is 29.8 Å². The topological polar surface area (TPSA) is 96.5 Å². The van der Waals surface area contributed by atoms with Crippen LogP contribution in [0.5, 0.6) is 0 Å². The van der Waals surface area contributed by atoms with Crippen LogP contribution in [-0.2, 0) is 19.6 Å². The van der Waals surface area contributed by atoms with E-state index in [1.54, 1.807) is 42.5 Å². The average Bonchev–Trinajstić information content (AvgIpc) is 2.63. The van der Waals surface area contributed by atoms with E-state index in [4.69, 9.17) is 4.74 Å². The number of sulfonamides is 1. The van der Waals surface area contributed by atoms with Crippen LogP contribution in [0.3, 0.4) is 0 Å². The number of rotatable bonds is 6. The lowest BCUT2D eigenvalue weighted by molar-refractivity contribution is -0.117. The van der Waals surface area contributed by atoms with Crippen molar-refractivity contribution in [2.24, 2.45) is 0 Å². The number of benzene rings is 2.